The van der Waals surface area contributed by atoms with Crippen LogP contribution in [-0.4, -0.2) is 6.61 Å². The minimum Gasteiger partial charge on any atom is -0.491 e. The second-order valence-electron chi connectivity index (χ2n) is 2.61. The average Bonchev–Trinajstić information content (AvgIpc) is 2.09. The fourth-order valence-corrected chi connectivity index (χ4v) is 1.08. The molecule has 0 heterocycles. The van der Waals surface area contributed by atoms with Crippen molar-refractivity contribution < 1.29 is 4.74 Å². The van der Waals surface area contributed by atoms with Crippen molar-refractivity contribution in [3.8, 4) is 5.75 Å². The molecule has 0 fully saturated rings. The van der Waals surface area contributed by atoms with Gasteiger partial charge in [0.1, 0.15) is 5.75 Å². The number of nitrogen functional groups attached to an aromatic ring is 1. The summed E-state index contributed by atoms with van der Waals surface area (Å²) in [6.07, 6.45) is 2.61. The van der Waals surface area contributed by atoms with Crippen LogP contribution < -0.4 is 10.5 Å². The molecule has 1 rings (SSSR count). The molecule has 0 aliphatic heterocycles. The topological polar surface area (TPSA) is 35.2 Å². The van der Waals surface area contributed by atoms with Gasteiger partial charge >= 0.3 is 0 Å². The number of halogens is 1. The molecule has 0 saturated carbocycles. The summed E-state index contributed by atoms with van der Waals surface area (Å²) in [6.45, 7) is 4.19. The summed E-state index contributed by atoms with van der Waals surface area (Å²) in [5, 5.41) is 0.619. The van der Waals surface area contributed by atoms with Crippen LogP contribution in [0.2, 0.25) is 5.02 Å². The first-order valence-corrected chi connectivity index (χ1v) is 4.40. The predicted octanol–water partition coefficient (Wildman–Crippen LogP) is 2.88. The lowest BCUT2D eigenvalue weighted by Crippen LogP contribution is -1.98. The van der Waals surface area contributed by atoms with Crippen molar-refractivity contribution in [1.82, 2.24) is 0 Å². The fourth-order valence-electron chi connectivity index (χ4n) is 0.903. The largest absolute Gasteiger partial charge is 0.491 e. The third-order valence-corrected chi connectivity index (χ3v) is 1.79. The van der Waals surface area contributed by atoms with Crippen LogP contribution >= 0.6 is 11.6 Å². The van der Waals surface area contributed by atoms with Gasteiger partial charge in [0.25, 0.3) is 0 Å². The predicted molar refractivity (Wildman–Crippen MR) is 56.2 cm³/mol. The van der Waals surface area contributed by atoms with Crippen LogP contribution in [0.15, 0.2) is 30.9 Å². The Morgan fingerprint density at radius 1 is 1.54 bits per heavy atom. The Kier molecular flexibility index (Phi) is 3.65. The maximum Gasteiger partial charge on any atom is 0.142 e. The Balaban J connectivity index is 2.61. The van der Waals surface area contributed by atoms with Crippen molar-refractivity contribution in [3.05, 3.63) is 35.9 Å². The zero-order valence-corrected chi connectivity index (χ0v) is 8.05. The molecule has 0 aromatic heterocycles. The molecule has 2 nitrogen and oxygen atoms in total. The van der Waals surface area contributed by atoms with Gasteiger partial charge in [-0.2, -0.15) is 0 Å². The molecule has 0 unspecified atom stereocenters. The second kappa shape index (κ2) is 4.77. The van der Waals surface area contributed by atoms with Gasteiger partial charge in [-0.3, -0.25) is 0 Å². The Hall–Kier alpha value is -1.15. The van der Waals surface area contributed by atoms with E-state index < -0.39 is 0 Å². The van der Waals surface area contributed by atoms with Crippen LogP contribution in [0.25, 0.3) is 0 Å². The number of rotatable bonds is 4. The van der Waals surface area contributed by atoms with E-state index in [4.69, 9.17) is 22.1 Å². The Morgan fingerprint density at radius 3 is 2.92 bits per heavy atom. The zero-order chi connectivity index (χ0) is 9.68. The van der Waals surface area contributed by atoms with Gasteiger partial charge in [-0.25, -0.2) is 0 Å². The van der Waals surface area contributed by atoms with Crippen LogP contribution in [0.4, 0.5) is 5.69 Å². The molecular weight excluding hydrogens is 186 g/mol. The van der Waals surface area contributed by atoms with Gasteiger partial charge in [-0.05, 0) is 24.6 Å². The zero-order valence-electron chi connectivity index (χ0n) is 7.29. The molecular formula is C10H12ClNO. The molecule has 13 heavy (non-hydrogen) atoms. The van der Waals surface area contributed by atoms with Crippen LogP contribution in [0, 0.1) is 0 Å². The van der Waals surface area contributed by atoms with Crippen molar-refractivity contribution in [2.45, 2.75) is 6.42 Å². The molecule has 0 saturated heterocycles. The SMILES string of the molecule is C=CCCOc1ccc(Cl)cc1N. The van der Waals surface area contributed by atoms with Gasteiger partial charge in [-0.15, -0.1) is 6.58 Å². The number of anilines is 1. The second-order valence-corrected chi connectivity index (χ2v) is 3.04. The number of hydrogen-bond acceptors (Lipinski definition) is 2. The van der Waals surface area contributed by atoms with Gasteiger partial charge in [-0.1, -0.05) is 17.7 Å². The smallest absolute Gasteiger partial charge is 0.142 e. The number of ether oxygens (including phenoxy) is 1. The molecule has 0 atom stereocenters. The summed E-state index contributed by atoms with van der Waals surface area (Å²) in [5.41, 5.74) is 6.23. The molecule has 0 aliphatic carbocycles. The van der Waals surface area contributed by atoms with Crippen molar-refractivity contribution >= 4 is 17.3 Å². The minimum atomic E-state index is 0.566. The number of hydrogen-bond donors (Lipinski definition) is 1. The highest BCUT2D eigenvalue weighted by Gasteiger charge is 1.99. The molecule has 0 spiro atoms. The van der Waals surface area contributed by atoms with Crippen LogP contribution in [0.1, 0.15) is 6.42 Å². The Bertz CT molecular complexity index is 299. The first-order chi connectivity index (χ1) is 6.24. The molecule has 70 valence electrons. The maximum atomic E-state index is 5.73. The van der Waals surface area contributed by atoms with E-state index in [1.807, 2.05) is 0 Å². The lowest BCUT2D eigenvalue weighted by molar-refractivity contribution is 0.327. The summed E-state index contributed by atoms with van der Waals surface area (Å²) in [5.74, 6) is 0.672. The van der Waals surface area contributed by atoms with Crippen LogP contribution in [-0.2, 0) is 0 Å². The molecule has 2 N–H and O–H groups in total. The molecule has 1 aromatic carbocycles. The van der Waals surface area contributed by atoms with Crippen molar-refractivity contribution in [2.75, 3.05) is 12.3 Å². The van der Waals surface area contributed by atoms with Gasteiger partial charge in [0, 0.05) is 5.02 Å². The Morgan fingerprint density at radius 2 is 2.31 bits per heavy atom. The normalized spacial score (nSPS) is 9.62. The minimum absolute atomic E-state index is 0.566. The van der Waals surface area contributed by atoms with E-state index in [1.54, 1.807) is 24.3 Å². The summed E-state index contributed by atoms with van der Waals surface area (Å²) in [4.78, 5) is 0. The van der Waals surface area contributed by atoms with Crippen molar-refractivity contribution in [2.24, 2.45) is 0 Å². The first kappa shape index (κ1) is 9.93. The highest BCUT2D eigenvalue weighted by molar-refractivity contribution is 6.30. The van der Waals surface area contributed by atoms with E-state index in [0.29, 0.717) is 23.1 Å². The molecule has 0 radical (unpaired) electrons. The standard InChI is InChI=1S/C10H12ClNO/c1-2-3-6-13-10-5-4-8(11)7-9(10)12/h2,4-5,7H,1,3,6,12H2. The van der Waals surface area contributed by atoms with E-state index in [-0.39, 0.29) is 0 Å². The number of benzene rings is 1. The highest BCUT2D eigenvalue weighted by atomic mass is 35.5. The van der Waals surface area contributed by atoms with E-state index in [9.17, 15) is 0 Å². The van der Waals surface area contributed by atoms with E-state index in [1.165, 1.54) is 0 Å². The quantitative estimate of drug-likeness (QED) is 0.458. The summed E-state index contributed by atoms with van der Waals surface area (Å²) in [6, 6.07) is 5.19. The van der Waals surface area contributed by atoms with Crippen LogP contribution in [0.5, 0.6) is 5.75 Å². The third-order valence-electron chi connectivity index (χ3n) is 1.55. The average molecular weight is 198 g/mol. The lowest BCUT2D eigenvalue weighted by Gasteiger charge is -2.07. The van der Waals surface area contributed by atoms with E-state index in [0.717, 1.165) is 6.42 Å². The Labute approximate surface area is 83.0 Å². The molecule has 1 aromatic rings. The lowest BCUT2D eigenvalue weighted by atomic mass is 10.3. The van der Waals surface area contributed by atoms with Gasteiger partial charge < -0.3 is 10.5 Å². The van der Waals surface area contributed by atoms with Crippen LogP contribution in [0.3, 0.4) is 0 Å². The molecule has 3 heteroatoms. The molecule has 0 aliphatic rings. The van der Waals surface area contributed by atoms with Gasteiger partial charge in [0.2, 0.25) is 0 Å². The van der Waals surface area contributed by atoms with Gasteiger partial charge in [0.15, 0.2) is 0 Å². The van der Waals surface area contributed by atoms with Crippen molar-refractivity contribution in [1.29, 1.82) is 0 Å². The third kappa shape index (κ3) is 2.99. The summed E-state index contributed by atoms with van der Waals surface area (Å²) in [7, 11) is 0. The van der Waals surface area contributed by atoms with E-state index >= 15 is 0 Å². The maximum absolute atomic E-state index is 5.73. The first-order valence-electron chi connectivity index (χ1n) is 4.02. The monoisotopic (exact) mass is 197 g/mol. The summed E-state index contributed by atoms with van der Waals surface area (Å²) < 4.78 is 5.38. The highest BCUT2D eigenvalue weighted by Crippen LogP contribution is 2.24. The van der Waals surface area contributed by atoms with Crippen molar-refractivity contribution in [3.63, 3.8) is 0 Å². The molecule has 0 amide bonds. The number of nitrogens with two attached hydrogens (primary N) is 1. The summed E-state index contributed by atoms with van der Waals surface area (Å²) >= 11 is 5.73. The van der Waals surface area contributed by atoms with E-state index in [2.05, 4.69) is 6.58 Å². The van der Waals surface area contributed by atoms with Gasteiger partial charge in [0.05, 0.1) is 12.3 Å². The fraction of sp³-hybridized carbons (Fsp3) is 0.200. The molecule has 0 bridgehead atoms.